The molecule has 98 valence electrons. The van der Waals surface area contributed by atoms with Crippen LogP contribution in [0.2, 0.25) is 5.02 Å². The lowest BCUT2D eigenvalue weighted by Crippen LogP contribution is -2.40. The number of benzene rings is 1. The molecule has 2 N–H and O–H groups in total. The van der Waals surface area contributed by atoms with Crippen molar-refractivity contribution in [1.29, 1.82) is 0 Å². The van der Waals surface area contributed by atoms with Crippen LogP contribution in [0.15, 0.2) is 18.2 Å². The van der Waals surface area contributed by atoms with Crippen molar-refractivity contribution in [1.82, 2.24) is 10.6 Å². The molecule has 0 radical (unpaired) electrons. The first-order chi connectivity index (χ1) is 8.58. The van der Waals surface area contributed by atoms with Gasteiger partial charge in [-0.25, -0.2) is 4.39 Å². The molecule has 5 heteroatoms. The van der Waals surface area contributed by atoms with Crippen molar-refractivity contribution in [3.63, 3.8) is 0 Å². The topological polar surface area (TPSA) is 41.1 Å². The van der Waals surface area contributed by atoms with E-state index in [1.165, 1.54) is 6.07 Å². The first kappa shape index (κ1) is 13.3. The molecular formula is C13H16ClFN2O. The van der Waals surface area contributed by atoms with E-state index in [2.05, 4.69) is 17.6 Å². The van der Waals surface area contributed by atoms with E-state index in [-0.39, 0.29) is 23.5 Å². The number of carbonyl (C=O) groups excluding carboxylic acids is 1. The lowest BCUT2D eigenvalue weighted by atomic mass is 10.1. The second kappa shape index (κ2) is 5.67. The summed E-state index contributed by atoms with van der Waals surface area (Å²) in [7, 11) is 0. The van der Waals surface area contributed by atoms with Crippen LogP contribution in [-0.2, 0) is 11.3 Å². The minimum Gasteiger partial charge on any atom is -0.351 e. The first-order valence-electron chi connectivity index (χ1n) is 6.02. The lowest BCUT2D eigenvalue weighted by molar-refractivity contribution is -0.123. The average Bonchev–Trinajstić information content (AvgIpc) is 2.77. The Balaban J connectivity index is 1.91. The molecule has 1 saturated heterocycles. The first-order valence-corrected chi connectivity index (χ1v) is 6.39. The van der Waals surface area contributed by atoms with Gasteiger partial charge in [0.15, 0.2) is 0 Å². The van der Waals surface area contributed by atoms with Crippen molar-refractivity contribution >= 4 is 17.5 Å². The molecule has 0 spiro atoms. The van der Waals surface area contributed by atoms with Gasteiger partial charge in [-0.05, 0) is 24.9 Å². The van der Waals surface area contributed by atoms with Gasteiger partial charge in [-0.15, -0.1) is 0 Å². The van der Waals surface area contributed by atoms with E-state index in [1.807, 2.05) is 0 Å². The fourth-order valence-electron chi connectivity index (χ4n) is 2.10. The fourth-order valence-corrected chi connectivity index (χ4v) is 2.30. The zero-order valence-corrected chi connectivity index (χ0v) is 10.9. The standard InChI is InChI=1S/C13H16ClFN2O/c1-8-5-11(16-6-8)13(18)17-7-9-3-2-4-10(14)12(9)15/h2-4,8,11,16H,5-7H2,1H3,(H,17,18)/t8-,11+/m1/s1. The molecule has 1 heterocycles. The molecule has 0 aromatic heterocycles. The Morgan fingerprint density at radius 2 is 2.39 bits per heavy atom. The van der Waals surface area contributed by atoms with Gasteiger partial charge in [0.2, 0.25) is 5.91 Å². The third kappa shape index (κ3) is 3.00. The highest BCUT2D eigenvalue weighted by Crippen LogP contribution is 2.18. The molecule has 0 saturated carbocycles. The smallest absolute Gasteiger partial charge is 0.237 e. The Morgan fingerprint density at radius 3 is 3.06 bits per heavy atom. The van der Waals surface area contributed by atoms with E-state index in [1.54, 1.807) is 12.1 Å². The predicted octanol–water partition coefficient (Wildman–Crippen LogP) is 2.09. The van der Waals surface area contributed by atoms with E-state index in [4.69, 9.17) is 11.6 Å². The summed E-state index contributed by atoms with van der Waals surface area (Å²) < 4.78 is 13.6. The Kier molecular flexibility index (Phi) is 4.19. The van der Waals surface area contributed by atoms with Crippen molar-refractivity contribution in [2.24, 2.45) is 5.92 Å². The number of nitrogens with one attached hydrogen (secondary N) is 2. The summed E-state index contributed by atoms with van der Waals surface area (Å²) in [5, 5.41) is 5.94. The summed E-state index contributed by atoms with van der Waals surface area (Å²) >= 11 is 5.68. The maximum absolute atomic E-state index is 13.6. The molecule has 1 amide bonds. The average molecular weight is 271 g/mol. The van der Waals surface area contributed by atoms with Crippen LogP contribution in [-0.4, -0.2) is 18.5 Å². The Labute approximate surface area is 111 Å². The second-order valence-electron chi connectivity index (χ2n) is 4.73. The normalized spacial score (nSPS) is 23.1. The molecule has 1 aromatic rings. The van der Waals surface area contributed by atoms with Gasteiger partial charge in [0.25, 0.3) is 0 Å². The zero-order chi connectivity index (χ0) is 13.1. The highest BCUT2D eigenvalue weighted by molar-refractivity contribution is 6.30. The van der Waals surface area contributed by atoms with Gasteiger partial charge in [-0.1, -0.05) is 30.7 Å². The number of carbonyl (C=O) groups is 1. The highest BCUT2D eigenvalue weighted by atomic mass is 35.5. The van der Waals surface area contributed by atoms with Gasteiger partial charge < -0.3 is 10.6 Å². The maximum Gasteiger partial charge on any atom is 0.237 e. The molecule has 0 aliphatic carbocycles. The Hall–Kier alpha value is -1.13. The van der Waals surface area contributed by atoms with Gasteiger partial charge in [-0.2, -0.15) is 0 Å². The number of amides is 1. The van der Waals surface area contributed by atoms with Crippen LogP contribution in [0.4, 0.5) is 4.39 Å². The van der Waals surface area contributed by atoms with Crippen LogP contribution in [0.5, 0.6) is 0 Å². The number of hydrogen-bond acceptors (Lipinski definition) is 2. The van der Waals surface area contributed by atoms with Crippen molar-refractivity contribution in [3.8, 4) is 0 Å². The molecule has 2 rings (SSSR count). The molecule has 0 bridgehead atoms. The van der Waals surface area contributed by atoms with Crippen molar-refractivity contribution < 1.29 is 9.18 Å². The molecule has 1 aliphatic rings. The summed E-state index contributed by atoms with van der Waals surface area (Å²) in [5.41, 5.74) is 0.405. The molecule has 1 aromatic carbocycles. The fraction of sp³-hybridized carbons (Fsp3) is 0.462. The predicted molar refractivity (Wildman–Crippen MR) is 68.8 cm³/mol. The third-order valence-electron chi connectivity index (χ3n) is 3.15. The minimum absolute atomic E-state index is 0.0781. The molecule has 2 atom stereocenters. The summed E-state index contributed by atoms with van der Waals surface area (Å²) in [5.74, 6) is -0.0467. The monoisotopic (exact) mass is 270 g/mol. The van der Waals surface area contributed by atoms with E-state index in [0.717, 1.165) is 13.0 Å². The zero-order valence-electron chi connectivity index (χ0n) is 10.2. The van der Waals surface area contributed by atoms with Gasteiger partial charge >= 0.3 is 0 Å². The van der Waals surface area contributed by atoms with Gasteiger partial charge in [0.05, 0.1) is 11.1 Å². The van der Waals surface area contributed by atoms with Crippen LogP contribution >= 0.6 is 11.6 Å². The van der Waals surface area contributed by atoms with Crippen LogP contribution in [0, 0.1) is 11.7 Å². The van der Waals surface area contributed by atoms with E-state index in [9.17, 15) is 9.18 Å². The number of hydrogen-bond donors (Lipinski definition) is 2. The Bertz CT molecular complexity index is 453. The molecule has 1 aliphatic heterocycles. The van der Waals surface area contributed by atoms with Gasteiger partial charge in [0.1, 0.15) is 5.82 Å². The molecule has 0 unspecified atom stereocenters. The summed E-state index contributed by atoms with van der Waals surface area (Å²) in [6, 6.07) is 4.61. The van der Waals surface area contributed by atoms with Crippen molar-refractivity contribution in [2.75, 3.05) is 6.54 Å². The van der Waals surface area contributed by atoms with Crippen LogP contribution in [0.25, 0.3) is 0 Å². The third-order valence-corrected chi connectivity index (χ3v) is 3.44. The summed E-state index contributed by atoms with van der Waals surface area (Å²) in [6.45, 7) is 3.11. The quantitative estimate of drug-likeness (QED) is 0.883. The van der Waals surface area contributed by atoms with Gasteiger partial charge in [0, 0.05) is 12.1 Å². The SMILES string of the molecule is C[C@H]1CN[C@H](C(=O)NCc2cccc(Cl)c2F)C1. The number of halogens is 2. The molecule has 3 nitrogen and oxygen atoms in total. The van der Waals surface area contributed by atoms with E-state index < -0.39 is 5.82 Å². The highest BCUT2D eigenvalue weighted by Gasteiger charge is 2.26. The number of rotatable bonds is 3. The van der Waals surface area contributed by atoms with E-state index >= 15 is 0 Å². The van der Waals surface area contributed by atoms with Crippen molar-refractivity contribution in [3.05, 3.63) is 34.6 Å². The summed E-state index contributed by atoms with van der Waals surface area (Å²) in [6.07, 6.45) is 0.823. The molecule has 18 heavy (non-hydrogen) atoms. The summed E-state index contributed by atoms with van der Waals surface area (Å²) in [4.78, 5) is 11.8. The lowest BCUT2D eigenvalue weighted by Gasteiger charge is -2.12. The van der Waals surface area contributed by atoms with Crippen LogP contribution in [0.3, 0.4) is 0 Å². The van der Waals surface area contributed by atoms with Crippen LogP contribution in [0.1, 0.15) is 18.9 Å². The second-order valence-corrected chi connectivity index (χ2v) is 5.14. The van der Waals surface area contributed by atoms with Crippen LogP contribution < -0.4 is 10.6 Å². The Morgan fingerprint density at radius 1 is 1.61 bits per heavy atom. The van der Waals surface area contributed by atoms with Crippen molar-refractivity contribution in [2.45, 2.75) is 25.9 Å². The minimum atomic E-state index is -0.466. The van der Waals surface area contributed by atoms with Gasteiger partial charge in [-0.3, -0.25) is 4.79 Å². The maximum atomic E-state index is 13.6. The van der Waals surface area contributed by atoms with E-state index in [0.29, 0.717) is 11.5 Å². The molecular weight excluding hydrogens is 255 g/mol. The molecule has 1 fully saturated rings. The largest absolute Gasteiger partial charge is 0.351 e.